The molecule has 0 aliphatic carbocycles. The lowest BCUT2D eigenvalue weighted by Gasteiger charge is -2.12. The van der Waals surface area contributed by atoms with E-state index in [2.05, 4.69) is 26.0 Å². The number of aryl methyl sites for hydroxylation is 1. The third-order valence-electron chi connectivity index (χ3n) is 2.89. The van der Waals surface area contributed by atoms with Gasteiger partial charge in [0.05, 0.1) is 7.11 Å². The van der Waals surface area contributed by atoms with Crippen LogP contribution in [-0.2, 0) is 6.42 Å². The zero-order valence-electron chi connectivity index (χ0n) is 10.6. The van der Waals surface area contributed by atoms with Crippen molar-refractivity contribution in [1.82, 2.24) is 0 Å². The Morgan fingerprint density at radius 1 is 1.38 bits per heavy atom. The van der Waals surface area contributed by atoms with Gasteiger partial charge in [0, 0.05) is 6.04 Å². The molecular weight excluding hydrogens is 198 g/mol. The second kappa shape index (κ2) is 6.54. The summed E-state index contributed by atoms with van der Waals surface area (Å²) in [7, 11) is 1.70. The van der Waals surface area contributed by atoms with Gasteiger partial charge in [-0.3, -0.25) is 0 Å². The minimum Gasteiger partial charge on any atom is -0.496 e. The number of unbranched alkanes of at least 4 members (excludes halogenated alkanes) is 1. The predicted molar refractivity (Wildman–Crippen MR) is 68.9 cm³/mol. The van der Waals surface area contributed by atoms with Gasteiger partial charge in [-0.05, 0) is 37.0 Å². The molecule has 1 aromatic carbocycles. The topological polar surface area (TPSA) is 35.2 Å². The van der Waals surface area contributed by atoms with E-state index in [-0.39, 0.29) is 6.04 Å². The number of benzene rings is 1. The summed E-state index contributed by atoms with van der Waals surface area (Å²) in [5, 5.41) is 0. The van der Waals surface area contributed by atoms with Gasteiger partial charge in [0.1, 0.15) is 5.75 Å². The van der Waals surface area contributed by atoms with Gasteiger partial charge in [0.15, 0.2) is 0 Å². The number of methoxy groups -OCH3 is 1. The molecule has 90 valence electrons. The summed E-state index contributed by atoms with van der Waals surface area (Å²) in [6.07, 6.45) is 4.51. The van der Waals surface area contributed by atoms with Gasteiger partial charge in [-0.1, -0.05) is 31.9 Å². The third kappa shape index (κ3) is 3.86. The number of hydrogen-bond acceptors (Lipinski definition) is 2. The van der Waals surface area contributed by atoms with Gasteiger partial charge in [-0.15, -0.1) is 0 Å². The van der Waals surface area contributed by atoms with Crippen molar-refractivity contribution in [3.05, 3.63) is 29.3 Å². The molecule has 1 aromatic rings. The van der Waals surface area contributed by atoms with Crippen molar-refractivity contribution < 1.29 is 4.74 Å². The second-order valence-electron chi connectivity index (χ2n) is 4.41. The van der Waals surface area contributed by atoms with Crippen molar-refractivity contribution in [2.24, 2.45) is 5.73 Å². The lowest BCUT2D eigenvalue weighted by Crippen LogP contribution is -2.22. The quantitative estimate of drug-likeness (QED) is 0.801. The molecule has 0 aliphatic rings. The normalized spacial score (nSPS) is 12.5. The van der Waals surface area contributed by atoms with Crippen molar-refractivity contribution in [3.8, 4) is 5.75 Å². The lowest BCUT2D eigenvalue weighted by atomic mass is 10.0. The summed E-state index contributed by atoms with van der Waals surface area (Å²) >= 11 is 0. The third-order valence-corrected chi connectivity index (χ3v) is 2.89. The van der Waals surface area contributed by atoms with E-state index in [0.29, 0.717) is 0 Å². The molecule has 1 unspecified atom stereocenters. The molecule has 0 fully saturated rings. The monoisotopic (exact) mass is 221 g/mol. The first-order valence-electron chi connectivity index (χ1n) is 6.06. The van der Waals surface area contributed by atoms with E-state index >= 15 is 0 Å². The van der Waals surface area contributed by atoms with Crippen LogP contribution in [0.4, 0.5) is 0 Å². The maximum absolute atomic E-state index is 6.08. The van der Waals surface area contributed by atoms with E-state index in [1.165, 1.54) is 24.0 Å². The van der Waals surface area contributed by atoms with Crippen molar-refractivity contribution in [2.45, 2.75) is 45.6 Å². The van der Waals surface area contributed by atoms with Crippen LogP contribution in [0.3, 0.4) is 0 Å². The Hall–Kier alpha value is -1.02. The highest BCUT2D eigenvalue weighted by Crippen LogP contribution is 2.19. The largest absolute Gasteiger partial charge is 0.496 e. The molecule has 2 N–H and O–H groups in total. The minimum absolute atomic E-state index is 0.285. The van der Waals surface area contributed by atoms with Gasteiger partial charge in [0.2, 0.25) is 0 Å². The maximum Gasteiger partial charge on any atom is 0.121 e. The Morgan fingerprint density at radius 2 is 2.12 bits per heavy atom. The molecule has 0 heterocycles. The summed E-state index contributed by atoms with van der Waals surface area (Å²) in [5.74, 6) is 0.950. The molecule has 0 aromatic heterocycles. The summed E-state index contributed by atoms with van der Waals surface area (Å²) < 4.78 is 5.24. The predicted octanol–water partition coefficient (Wildman–Crippen LogP) is 3.06. The summed E-state index contributed by atoms with van der Waals surface area (Å²) in [4.78, 5) is 0. The van der Waals surface area contributed by atoms with Gasteiger partial charge in [-0.25, -0.2) is 0 Å². The zero-order valence-corrected chi connectivity index (χ0v) is 10.6. The van der Waals surface area contributed by atoms with Gasteiger partial charge < -0.3 is 10.5 Å². The Labute approximate surface area is 98.8 Å². The van der Waals surface area contributed by atoms with E-state index in [1.54, 1.807) is 7.11 Å². The first kappa shape index (κ1) is 13.0. The number of rotatable bonds is 6. The van der Waals surface area contributed by atoms with E-state index in [4.69, 9.17) is 10.5 Å². The molecule has 1 atom stereocenters. The fraction of sp³-hybridized carbons (Fsp3) is 0.571. The Morgan fingerprint density at radius 3 is 2.69 bits per heavy atom. The zero-order chi connectivity index (χ0) is 12.0. The molecule has 0 bridgehead atoms. The lowest BCUT2D eigenvalue weighted by molar-refractivity contribution is 0.411. The van der Waals surface area contributed by atoms with Gasteiger partial charge >= 0.3 is 0 Å². The Bertz CT molecular complexity index is 323. The SMILES string of the molecule is CCCCC(N)Cc1ccc(OC)c(C)c1. The Kier molecular flexibility index (Phi) is 5.33. The van der Waals surface area contributed by atoms with Crippen molar-refractivity contribution in [3.63, 3.8) is 0 Å². The highest BCUT2D eigenvalue weighted by Gasteiger charge is 2.05. The van der Waals surface area contributed by atoms with E-state index < -0.39 is 0 Å². The molecule has 0 spiro atoms. The van der Waals surface area contributed by atoms with Gasteiger partial charge in [-0.2, -0.15) is 0 Å². The van der Waals surface area contributed by atoms with Crippen LogP contribution in [0.15, 0.2) is 18.2 Å². The number of ether oxygens (including phenoxy) is 1. The molecule has 0 amide bonds. The van der Waals surface area contributed by atoms with Crippen LogP contribution < -0.4 is 10.5 Å². The molecule has 0 saturated carbocycles. The molecule has 0 saturated heterocycles. The Balaban J connectivity index is 2.57. The molecule has 0 aliphatic heterocycles. The smallest absolute Gasteiger partial charge is 0.121 e. The van der Waals surface area contributed by atoms with Crippen molar-refractivity contribution in [2.75, 3.05) is 7.11 Å². The maximum atomic E-state index is 6.08. The van der Waals surface area contributed by atoms with Crippen LogP contribution in [0.25, 0.3) is 0 Å². The summed E-state index contributed by atoms with van der Waals surface area (Å²) in [5.41, 5.74) is 8.57. The van der Waals surface area contributed by atoms with Gasteiger partial charge in [0.25, 0.3) is 0 Å². The fourth-order valence-electron chi connectivity index (χ4n) is 1.94. The highest BCUT2D eigenvalue weighted by molar-refractivity contribution is 5.36. The number of nitrogens with two attached hydrogens (primary N) is 1. The van der Waals surface area contributed by atoms with Crippen LogP contribution in [0.1, 0.15) is 37.3 Å². The molecule has 2 heteroatoms. The van der Waals surface area contributed by atoms with Crippen molar-refractivity contribution in [1.29, 1.82) is 0 Å². The fourth-order valence-corrected chi connectivity index (χ4v) is 1.94. The highest BCUT2D eigenvalue weighted by atomic mass is 16.5. The minimum atomic E-state index is 0.285. The molecule has 0 radical (unpaired) electrons. The first-order chi connectivity index (χ1) is 7.67. The van der Waals surface area contributed by atoms with Crippen LogP contribution in [-0.4, -0.2) is 13.2 Å². The van der Waals surface area contributed by atoms with E-state index in [9.17, 15) is 0 Å². The van der Waals surface area contributed by atoms with Crippen LogP contribution in [0.5, 0.6) is 5.75 Å². The molecule has 1 rings (SSSR count). The number of hydrogen-bond donors (Lipinski definition) is 1. The molecule has 16 heavy (non-hydrogen) atoms. The van der Waals surface area contributed by atoms with Crippen LogP contribution in [0, 0.1) is 6.92 Å². The van der Waals surface area contributed by atoms with E-state index in [0.717, 1.165) is 18.6 Å². The average Bonchev–Trinajstić information content (AvgIpc) is 2.26. The van der Waals surface area contributed by atoms with E-state index in [1.807, 2.05) is 6.07 Å². The standard InChI is InChI=1S/C14H23NO/c1-4-5-6-13(15)10-12-7-8-14(16-3)11(2)9-12/h7-9,13H,4-6,10,15H2,1-3H3. The molecular formula is C14H23NO. The van der Waals surface area contributed by atoms with Crippen LogP contribution >= 0.6 is 0 Å². The summed E-state index contributed by atoms with van der Waals surface area (Å²) in [6.45, 7) is 4.27. The average molecular weight is 221 g/mol. The first-order valence-corrected chi connectivity index (χ1v) is 6.06. The van der Waals surface area contributed by atoms with Crippen molar-refractivity contribution >= 4 is 0 Å². The van der Waals surface area contributed by atoms with Crippen LogP contribution in [0.2, 0.25) is 0 Å². The summed E-state index contributed by atoms with van der Waals surface area (Å²) in [6, 6.07) is 6.59. The molecule has 2 nitrogen and oxygen atoms in total. The second-order valence-corrected chi connectivity index (χ2v) is 4.41.